The van der Waals surface area contributed by atoms with Gasteiger partial charge in [0.15, 0.2) is 6.10 Å². The van der Waals surface area contributed by atoms with Gasteiger partial charge in [0.05, 0.1) is 27.6 Å². The zero-order chi connectivity index (χ0) is 17.2. The number of hydrogen-bond donors (Lipinski definition) is 1. The highest BCUT2D eigenvalue weighted by Gasteiger charge is 2.24. The molecule has 0 aromatic heterocycles. The van der Waals surface area contributed by atoms with Gasteiger partial charge in [0.25, 0.3) is 0 Å². The van der Waals surface area contributed by atoms with E-state index in [1.54, 1.807) is 6.92 Å². The fourth-order valence-corrected chi connectivity index (χ4v) is 2.19. The van der Waals surface area contributed by atoms with E-state index in [9.17, 15) is 14.4 Å². The van der Waals surface area contributed by atoms with E-state index in [0.717, 1.165) is 19.3 Å². The first kappa shape index (κ1) is 20.6. The normalized spacial score (nSPS) is 12.7. The first-order valence-corrected chi connectivity index (χ1v) is 7.81. The largest absolute Gasteiger partial charge is 0.481 e. The van der Waals surface area contributed by atoms with Crippen molar-refractivity contribution in [2.45, 2.75) is 58.0 Å². The summed E-state index contributed by atoms with van der Waals surface area (Å²) in [6.07, 6.45) is 3.49. The molecule has 0 saturated heterocycles. The molecule has 0 aromatic rings. The zero-order valence-electron chi connectivity index (χ0n) is 14.3. The molecule has 6 heteroatoms. The van der Waals surface area contributed by atoms with Crippen LogP contribution in [-0.2, 0) is 19.1 Å². The topological polar surface area (TPSA) is 80.7 Å². The summed E-state index contributed by atoms with van der Waals surface area (Å²) in [6, 6.07) is 0. The van der Waals surface area contributed by atoms with Crippen molar-refractivity contribution in [3.8, 4) is 0 Å². The number of carboxylic acid groups (broad SMARTS) is 1. The predicted molar refractivity (Wildman–Crippen MR) is 83.4 cm³/mol. The Bertz CT molecular complexity index is 373. The van der Waals surface area contributed by atoms with Crippen molar-refractivity contribution in [1.29, 1.82) is 0 Å². The van der Waals surface area contributed by atoms with E-state index in [1.807, 2.05) is 21.1 Å². The van der Waals surface area contributed by atoms with Crippen molar-refractivity contribution in [2.75, 3.05) is 27.7 Å². The minimum absolute atomic E-state index is 0.167. The highest BCUT2D eigenvalue weighted by atomic mass is 16.5. The number of aliphatic carboxylic acids is 1. The molecule has 0 radical (unpaired) electrons. The van der Waals surface area contributed by atoms with E-state index >= 15 is 0 Å². The summed E-state index contributed by atoms with van der Waals surface area (Å²) >= 11 is 0. The Morgan fingerprint density at radius 2 is 1.55 bits per heavy atom. The maximum atomic E-state index is 11.8. The van der Waals surface area contributed by atoms with Gasteiger partial charge in [-0.1, -0.05) is 12.8 Å². The molecule has 128 valence electrons. The number of esters is 1. The van der Waals surface area contributed by atoms with Gasteiger partial charge in [0, 0.05) is 12.8 Å². The molecular weight excluding hydrogens is 286 g/mol. The summed E-state index contributed by atoms with van der Waals surface area (Å²) < 4.78 is 5.83. The van der Waals surface area contributed by atoms with Crippen LogP contribution >= 0.6 is 0 Å². The van der Waals surface area contributed by atoms with E-state index < -0.39 is 12.1 Å². The van der Waals surface area contributed by atoms with Gasteiger partial charge >= 0.3 is 11.9 Å². The van der Waals surface area contributed by atoms with Crippen LogP contribution in [0, 0.1) is 0 Å². The van der Waals surface area contributed by atoms with Crippen LogP contribution < -0.4 is 0 Å². The average Bonchev–Trinajstić information content (AvgIpc) is 2.29. The van der Waals surface area contributed by atoms with E-state index in [-0.39, 0.29) is 18.2 Å². The van der Waals surface area contributed by atoms with Crippen molar-refractivity contribution in [3.63, 3.8) is 0 Å². The third kappa shape index (κ3) is 13.5. The first-order valence-electron chi connectivity index (χ1n) is 7.81. The van der Waals surface area contributed by atoms with Gasteiger partial charge in [0.1, 0.15) is 12.3 Å². The van der Waals surface area contributed by atoms with Gasteiger partial charge in [-0.15, -0.1) is 0 Å². The average molecular weight is 316 g/mol. The van der Waals surface area contributed by atoms with E-state index in [1.165, 1.54) is 0 Å². The third-order valence-electron chi connectivity index (χ3n) is 3.11. The lowest BCUT2D eigenvalue weighted by atomic mass is 10.1. The van der Waals surface area contributed by atoms with E-state index in [0.29, 0.717) is 30.3 Å². The number of nitrogens with zero attached hydrogens (tertiary/aromatic N) is 1. The molecule has 0 saturated carbocycles. The number of likely N-dealkylation sites (N-methyl/N-ethyl adjacent to an activating group) is 1. The van der Waals surface area contributed by atoms with Crippen LogP contribution in [0.3, 0.4) is 0 Å². The lowest BCUT2D eigenvalue weighted by Crippen LogP contribution is -2.43. The molecule has 0 aromatic carbocycles. The third-order valence-corrected chi connectivity index (χ3v) is 3.11. The number of ether oxygens (including phenoxy) is 1. The van der Waals surface area contributed by atoms with Gasteiger partial charge in [-0.3, -0.25) is 9.59 Å². The molecule has 1 unspecified atom stereocenters. The molecule has 1 atom stereocenters. The SMILES string of the molecule is CC(=O)CCCCCCC(=O)OC(CC(=O)O)C[N+](C)(C)C. The molecular formula is C16H30NO5+. The van der Waals surface area contributed by atoms with Gasteiger partial charge in [0.2, 0.25) is 0 Å². The van der Waals surface area contributed by atoms with Gasteiger partial charge in [-0.2, -0.15) is 0 Å². The molecule has 0 amide bonds. The Hall–Kier alpha value is -1.43. The lowest BCUT2D eigenvalue weighted by molar-refractivity contribution is -0.873. The number of unbranched alkanes of at least 4 members (excludes halogenated alkanes) is 3. The molecule has 0 bridgehead atoms. The molecule has 1 N–H and O–H groups in total. The van der Waals surface area contributed by atoms with E-state index in [2.05, 4.69) is 0 Å². The van der Waals surface area contributed by atoms with Crippen molar-refractivity contribution >= 4 is 17.7 Å². The molecule has 22 heavy (non-hydrogen) atoms. The Morgan fingerprint density at radius 1 is 1.00 bits per heavy atom. The summed E-state index contributed by atoms with van der Waals surface area (Å²) in [7, 11) is 5.78. The number of carbonyl (C=O) groups excluding carboxylic acids is 2. The quantitative estimate of drug-likeness (QED) is 0.338. The number of carbonyl (C=O) groups is 3. The Morgan fingerprint density at radius 3 is 2.00 bits per heavy atom. The molecule has 0 rings (SSSR count). The standard InChI is InChI=1S/C16H29NO5/c1-13(18)9-7-5-6-8-10-16(21)22-14(11-15(19)20)12-17(2,3)4/h14H,5-12H2,1-4H3/p+1. The van der Waals surface area contributed by atoms with Crippen molar-refractivity contribution < 1.29 is 28.7 Å². The second kappa shape index (κ2) is 10.3. The number of hydrogen-bond acceptors (Lipinski definition) is 4. The predicted octanol–water partition coefficient (Wildman–Crippen LogP) is 2.01. The lowest BCUT2D eigenvalue weighted by Gasteiger charge is -2.28. The Balaban J connectivity index is 4.01. The highest BCUT2D eigenvalue weighted by molar-refractivity contribution is 5.75. The second-order valence-corrected chi connectivity index (χ2v) is 6.80. The maximum Gasteiger partial charge on any atom is 0.307 e. The Kier molecular flexibility index (Phi) is 9.65. The highest BCUT2D eigenvalue weighted by Crippen LogP contribution is 2.10. The first-order chi connectivity index (χ1) is 10.1. The number of ketones is 1. The van der Waals surface area contributed by atoms with Crippen LogP contribution in [0.1, 0.15) is 51.9 Å². The summed E-state index contributed by atoms with van der Waals surface area (Å²) in [4.78, 5) is 33.4. The summed E-state index contributed by atoms with van der Waals surface area (Å²) in [5.41, 5.74) is 0. The maximum absolute atomic E-state index is 11.8. The molecule has 0 aliphatic rings. The van der Waals surface area contributed by atoms with E-state index in [4.69, 9.17) is 9.84 Å². The van der Waals surface area contributed by atoms with Crippen LogP contribution in [0.15, 0.2) is 0 Å². The minimum Gasteiger partial charge on any atom is -0.481 e. The molecule has 0 aliphatic heterocycles. The fraction of sp³-hybridized carbons (Fsp3) is 0.812. The van der Waals surface area contributed by atoms with Crippen LogP contribution in [0.5, 0.6) is 0 Å². The van der Waals surface area contributed by atoms with Gasteiger partial charge in [-0.25, -0.2) is 0 Å². The Labute approximate surface area is 133 Å². The smallest absolute Gasteiger partial charge is 0.307 e. The van der Waals surface area contributed by atoms with Crippen LogP contribution in [0.2, 0.25) is 0 Å². The molecule has 0 heterocycles. The van der Waals surface area contributed by atoms with Gasteiger partial charge in [-0.05, 0) is 19.8 Å². The van der Waals surface area contributed by atoms with Crippen LogP contribution in [0.25, 0.3) is 0 Å². The number of rotatable bonds is 12. The summed E-state index contributed by atoms with van der Waals surface area (Å²) in [5.74, 6) is -1.11. The number of Topliss-reactive ketones (excluding diaryl/α,β-unsaturated/α-hetero) is 1. The van der Waals surface area contributed by atoms with Crippen molar-refractivity contribution in [1.82, 2.24) is 0 Å². The molecule has 0 fully saturated rings. The molecule has 6 nitrogen and oxygen atoms in total. The van der Waals surface area contributed by atoms with Gasteiger partial charge < -0.3 is 19.1 Å². The fourth-order valence-electron chi connectivity index (χ4n) is 2.19. The zero-order valence-corrected chi connectivity index (χ0v) is 14.3. The second-order valence-electron chi connectivity index (χ2n) is 6.80. The molecule has 0 aliphatic carbocycles. The molecule has 0 spiro atoms. The van der Waals surface area contributed by atoms with Crippen molar-refractivity contribution in [2.24, 2.45) is 0 Å². The van der Waals surface area contributed by atoms with Crippen LogP contribution in [-0.4, -0.2) is 61.1 Å². The number of carboxylic acids is 1. The summed E-state index contributed by atoms with van der Waals surface area (Å²) in [6.45, 7) is 2.05. The monoisotopic (exact) mass is 316 g/mol. The minimum atomic E-state index is -0.963. The van der Waals surface area contributed by atoms with Crippen molar-refractivity contribution in [3.05, 3.63) is 0 Å². The number of quaternary nitrogens is 1. The summed E-state index contributed by atoms with van der Waals surface area (Å²) in [5, 5.41) is 8.89. The van der Waals surface area contributed by atoms with Crippen LogP contribution in [0.4, 0.5) is 0 Å².